The molecule has 0 saturated carbocycles. The highest BCUT2D eigenvalue weighted by Crippen LogP contribution is 2.05. The van der Waals surface area contributed by atoms with Crippen molar-refractivity contribution >= 4 is 5.91 Å². The van der Waals surface area contributed by atoms with Crippen molar-refractivity contribution in [1.29, 1.82) is 0 Å². The molecule has 0 unspecified atom stereocenters. The van der Waals surface area contributed by atoms with Gasteiger partial charge in [-0.05, 0) is 18.1 Å². The second kappa shape index (κ2) is 10.4. The Labute approximate surface area is 120 Å². The SMILES string of the molecule is CCOCc1ccc(CNC(=O)CNCCOC)cc1. The smallest absolute Gasteiger partial charge is 0.234 e. The number of amides is 1. The van der Waals surface area contributed by atoms with Gasteiger partial charge in [-0.1, -0.05) is 24.3 Å². The Hall–Kier alpha value is -1.43. The Morgan fingerprint density at radius 2 is 1.90 bits per heavy atom. The fraction of sp³-hybridized carbons (Fsp3) is 0.533. The van der Waals surface area contributed by atoms with Crippen LogP contribution >= 0.6 is 0 Å². The van der Waals surface area contributed by atoms with Gasteiger partial charge in [0.25, 0.3) is 0 Å². The molecule has 112 valence electrons. The summed E-state index contributed by atoms with van der Waals surface area (Å²) >= 11 is 0. The van der Waals surface area contributed by atoms with Crippen molar-refractivity contribution in [3.63, 3.8) is 0 Å². The molecule has 2 N–H and O–H groups in total. The second-order valence-electron chi connectivity index (χ2n) is 4.40. The Kier molecular flexibility index (Phi) is 8.62. The maximum atomic E-state index is 11.6. The average molecular weight is 280 g/mol. The maximum absolute atomic E-state index is 11.6. The minimum Gasteiger partial charge on any atom is -0.383 e. The molecule has 1 rings (SSSR count). The van der Waals surface area contributed by atoms with Crippen LogP contribution in [0, 0.1) is 0 Å². The zero-order valence-corrected chi connectivity index (χ0v) is 12.3. The third-order valence-corrected chi connectivity index (χ3v) is 2.75. The van der Waals surface area contributed by atoms with E-state index in [2.05, 4.69) is 10.6 Å². The van der Waals surface area contributed by atoms with Gasteiger partial charge in [0.1, 0.15) is 0 Å². The van der Waals surface area contributed by atoms with E-state index in [4.69, 9.17) is 9.47 Å². The first-order chi connectivity index (χ1) is 9.76. The van der Waals surface area contributed by atoms with Crippen LogP contribution in [0.3, 0.4) is 0 Å². The summed E-state index contributed by atoms with van der Waals surface area (Å²) in [5, 5.41) is 5.87. The molecule has 0 aliphatic rings. The lowest BCUT2D eigenvalue weighted by atomic mass is 10.1. The molecule has 0 bridgehead atoms. The van der Waals surface area contributed by atoms with E-state index in [9.17, 15) is 4.79 Å². The molecule has 0 aliphatic heterocycles. The molecule has 1 aromatic carbocycles. The summed E-state index contributed by atoms with van der Waals surface area (Å²) < 4.78 is 10.2. The van der Waals surface area contributed by atoms with Gasteiger partial charge in [0.15, 0.2) is 0 Å². The number of carbonyl (C=O) groups excluding carboxylic acids is 1. The largest absolute Gasteiger partial charge is 0.383 e. The number of ether oxygens (including phenoxy) is 2. The van der Waals surface area contributed by atoms with Crippen LogP contribution in [0.4, 0.5) is 0 Å². The third-order valence-electron chi connectivity index (χ3n) is 2.75. The lowest BCUT2D eigenvalue weighted by Gasteiger charge is -2.07. The first-order valence-electron chi connectivity index (χ1n) is 6.88. The molecule has 20 heavy (non-hydrogen) atoms. The molecule has 0 aliphatic carbocycles. The van der Waals surface area contributed by atoms with Gasteiger partial charge in [-0.2, -0.15) is 0 Å². The van der Waals surface area contributed by atoms with Crippen molar-refractivity contribution in [3.05, 3.63) is 35.4 Å². The highest BCUT2D eigenvalue weighted by molar-refractivity contribution is 5.77. The van der Waals surface area contributed by atoms with Gasteiger partial charge >= 0.3 is 0 Å². The van der Waals surface area contributed by atoms with E-state index < -0.39 is 0 Å². The highest BCUT2D eigenvalue weighted by Gasteiger charge is 2.01. The molecule has 5 heteroatoms. The Morgan fingerprint density at radius 3 is 2.55 bits per heavy atom. The topological polar surface area (TPSA) is 59.6 Å². The number of nitrogens with one attached hydrogen (secondary N) is 2. The molecule has 0 heterocycles. The van der Waals surface area contributed by atoms with Crippen molar-refractivity contribution in [2.45, 2.75) is 20.1 Å². The fourth-order valence-corrected chi connectivity index (χ4v) is 1.61. The van der Waals surface area contributed by atoms with Crippen molar-refractivity contribution in [1.82, 2.24) is 10.6 Å². The van der Waals surface area contributed by atoms with Gasteiger partial charge in [0.05, 0.1) is 19.8 Å². The standard InChI is InChI=1S/C15H24N2O3/c1-3-20-12-14-6-4-13(5-7-14)10-17-15(18)11-16-8-9-19-2/h4-7,16H,3,8-12H2,1-2H3,(H,17,18). The van der Waals surface area contributed by atoms with Crippen LogP contribution in [0.5, 0.6) is 0 Å². The molecular formula is C15H24N2O3. The monoisotopic (exact) mass is 280 g/mol. The minimum absolute atomic E-state index is 0.0144. The number of methoxy groups -OCH3 is 1. The van der Waals surface area contributed by atoms with Crippen molar-refractivity contribution in [2.24, 2.45) is 0 Å². The summed E-state index contributed by atoms with van der Waals surface area (Å²) in [5.41, 5.74) is 2.22. The highest BCUT2D eigenvalue weighted by atomic mass is 16.5. The van der Waals surface area contributed by atoms with E-state index in [1.807, 2.05) is 31.2 Å². The van der Waals surface area contributed by atoms with Gasteiger partial charge in [0, 0.05) is 26.8 Å². The number of hydrogen-bond acceptors (Lipinski definition) is 4. The van der Waals surface area contributed by atoms with Gasteiger partial charge in [-0.3, -0.25) is 4.79 Å². The van der Waals surface area contributed by atoms with Crippen LogP contribution in [0.1, 0.15) is 18.1 Å². The first kappa shape index (κ1) is 16.6. The van der Waals surface area contributed by atoms with E-state index in [0.29, 0.717) is 39.5 Å². The number of hydrogen-bond donors (Lipinski definition) is 2. The van der Waals surface area contributed by atoms with Crippen LogP contribution in [0.15, 0.2) is 24.3 Å². The Morgan fingerprint density at radius 1 is 1.20 bits per heavy atom. The van der Waals surface area contributed by atoms with Crippen molar-refractivity contribution < 1.29 is 14.3 Å². The molecular weight excluding hydrogens is 256 g/mol. The summed E-state index contributed by atoms with van der Waals surface area (Å²) in [4.78, 5) is 11.6. The van der Waals surface area contributed by atoms with E-state index >= 15 is 0 Å². The maximum Gasteiger partial charge on any atom is 0.234 e. The van der Waals surface area contributed by atoms with Crippen LogP contribution < -0.4 is 10.6 Å². The van der Waals surface area contributed by atoms with E-state index in [1.54, 1.807) is 7.11 Å². The average Bonchev–Trinajstić information content (AvgIpc) is 2.48. The normalized spacial score (nSPS) is 10.5. The van der Waals surface area contributed by atoms with Gasteiger partial charge in [0.2, 0.25) is 5.91 Å². The summed E-state index contributed by atoms with van der Waals surface area (Å²) in [5.74, 6) is -0.0144. The Bertz CT molecular complexity index is 379. The van der Waals surface area contributed by atoms with Gasteiger partial charge in [-0.15, -0.1) is 0 Å². The lowest BCUT2D eigenvalue weighted by Crippen LogP contribution is -2.34. The summed E-state index contributed by atoms with van der Waals surface area (Å²) in [6.07, 6.45) is 0. The van der Waals surface area contributed by atoms with Crippen molar-refractivity contribution in [2.75, 3.05) is 33.4 Å². The molecule has 0 atom stereocenters. The summed E-state index contributed by atoms with van der Waals surface area (Å²) in [6, 6.07) is 8.06. The van der Waals surface area contributed by atoms with Crippen LogP contribution in [0.2, 0.25) is 0 Å². The quantitative estimate of drug-likeness (QED) is 0.630. The first-order valence-corrected chi connectivity index (χ1v) is 6.88. The van der Waals surface area contributed by atoms with Gasteiger partial charge < -0.3 is 20.1 Å². The summed E-state index contributed by atoms with van der Waals surface area (Å²) in [7, 11) is 1.64. The van der Waals surface area contributed by atoms with Crippen LogP contribution in [-0.2, 0) is 27.4 Å². The third kappa shape index (κ3) is 7.23. The molecule has 0 spiro atoms. The molecule has 0 radical (unpaired) electrons. The number of benzene rings is 1. The van der Waals surface area contributed by atoms with Gasteiger partial charge in [-0.25, -0.2) is 0 Å². The fourth-order valence-electron chi connectivity index (χ4n) is 1.61. The second-order valence-corrected chi connectivity index (χ2v) is 4.40. The zero-order valence-electron chi connectivity index (χ0n) is 12.3. The number of rotatable bonds is 10. The molecule has 5 nitrogen and oxygen atoms in total. The molecule has 0 fully saturated rings. The minimum atomic E-state index is -0.0144. The van der Waals surface area contributed by atoms with E-state index in [-0.39, 0.29) is 5.91 Å². The van der Waals surface area contributed by atoms with Crippen LogP contribution in [-0.4, -0.2) is 39.3 Å². The predicted octanol–water partition coefficient (Wildman–Crippen LogP) is 1.08. The van der Waals surface area contributed by atoms with E-state index in [0.717, 1.165) is 11.1 Å². The molecule has 0 aromatic heterocycles. The molecule has 0 saturated heterocycles. The van der Waals surface area contributed by atoms with E-state index in [1.165, 1.54) is 0 Å². The predicted molar refractivity (Wildman–Crippen MR) is 78.4 cm³/mol. The Balaban J connectivity index is 2.22. The van der Waals surface area contributed by atoms with Crippen LogP contribution in [0.25, 0.3) is 0 Å². The summed E-state index contributed by atoms with van der Waals surface area (Å²) in [6.45, 7) is 5.46. The number of carbonyl (C=O) groups is 1. The lowest BCUT2D eigenvalue weighted by molar-refractivity contribution is -0.120. The van der Waals surface area contributed by atoms with Crippen molar-refractivity contribution in [3.8, 4) is 0 Å². The molecule has 1 amide bonds. The zero-order chi connectivity index (χ0) is 14.6. The molecule has 1 aromatic rings.